The molecule has 0 unspecified atom stereocenters. The molecule has 76 valence electrons. The van der Waals surface area contributed by atoms with Crippen LogP contribution in [0.2, 0.25) is 0 Å². The summed E-state index contributed by atoms with van der Waals surface area (Å²) in [5, 5.41) is 2.31. The summed E-state index contributed by atoms with van der Waals surface area (Å²) in [7, 11) is 1.20. The largest absolute Gasteiger partial charge is 0.468 e. The van der Waals surface area contributed by atoms with Gasteiger partial charge in [0.25, 0.3) is 0 Å². The van der Waals surface area contributed by atoms with Gasteiger partial charge in [0.2, 0.25) is 0 Å². The molecule has 3 nitrogen and oxygen atoms in total. The van der Waals surface area contributed by atoms with Crippen LogP contribution < -0.4 is 5.32 Å². The fraction of sp³-hybridized carbons (Fsp3) is 0.222. The van der Waals surface area contributed by atoms with Gasteiger partial charge in [-0.15, -0.1) is 0 Å². The van der Waals surface area contributed by atoms with Crippen LogP contribution in [-0.4, -0.2) is 19.6 Å². The lowest BCUT2D eigenvalue weighted by Gasteiger charge is -2.06. The Morgan fingerprint density at radius 1 is 1.43 bits per heavy atom. The second kappa shape index (κ2) is 4.55. The molecule has 0 amide bonds. The highest BCUT2D eigenvalue weighted by atomic mass is 19.1. The van der Waals surface area contributed by atoms with E-state index in [1.807, 2.05) is 0 Å². The van der Waals surface area contributed by atoms with E-state index >= 15 is 0 Å². The number of carbonyl (C=O) groups excluding carboxylic acids is 1. The van der Waals surface area contributed by atoms with Crippen molar-refractivity contribution in [1.29, 1.82) is 0 Å². The lowest BCUT2D eigenvalue weighted by atomic mass is 10.3. The van der Waals surface area contributed by atoms with E-state index < -0.39 is 17.6 Å². The Morgan fingerprint density at radius 3 is 2.50 bits per heavy atom. The zero-order valence-electron chi connectivity index (χ0n) is 7.51. The highest BCUT2D eigenvalue weighted by Gasteiger charge is 2.09. The summed E-state index contributed by atoms with van der Waals surface area (Å²) in [5.74, 6) is -2.07. The first kappa shape index (κ1) is 10.4. The van der Waals surface area contributed by atoms with Crippen LogP contribution in [0.15, 0.2) is 18.2 Å². The fourth-order valence-electron chi connectivity index (χ4n) is 0.899. The number of hydrogen-bond acceptors (Lipinski definition) is 3. The van der Waals surface area contributed by atoms with Crippen LogP contribution in [0.5, 0.6) is 0 Å². The number of carbonyl (C=O) groups is 1. The van der Waals surface area contributed by atoms with E-state index in [1.165, 1.54) is 13.2 Å². The normalized spacial score (nSPS) is 9.64. The molecule has 5 heteroatoms. The van der Waals surface area contributed by atoms with Crippen LogP contribution in [-0.2, 0) is 9.53 Å². The van der Waals surface area contributed by atoms with Gasteiger partial charge in [-0.1, -0.05) is 6.07 Å². The predicted octanol–water partition coefficient (Wildman–Crippen LogP) is 1.55. The summed E-state index contributed by atoms with van der Waals surface area (Å²) in [5.41, 5.74) is -0.321. The van der Waals surface area contributed by atoms with Crippen LogP contribution in [0.25, 0.3) is 0 Å². The van der Waals surface area contributed by atoms with E-state index in [4.69, 9.17) is 0 Å². The van der Waals surface area contributed by atoms with Crippen LogP contribution in [0, 0.1) is 11.6 Å². The summed E-state index contributed by atoms with van der Waals surface area (Å²) in [6.45, 7) is -0.269. The molecule has 0 saturated carbocycles. The molecule has 0 spiro atoms. The summed E-state index contributed by atoms with van der Waals surface area (Å²) in [4.78, 5) is 10.7. The number of para-hydroxylation sites is 1. The number of methoxy groups -OCH3 is 1. The van der Waals surface area contributed by atoms with E-state index in [0.717, 1.165) is 12.1 Å². The summed E-state index contributed by atoms with van der Waals surface area (Å²) < 4.78 is 30.2. The summed E-state index contributed by atoms with van der Waals surface area (Å²) in [6, 6.07) is 3.44. The van der Waals surface area contributed by atoms with Crippen molar-refractivity contribution >= 4 is 11.7 Å². The second-order valence-electron chi connectivity index (χ2n) is 2.53. The quantitative estimate of drug-likeness (QED) is 0.754. The van der Waals surface area contributed by atoms with Crippen molar-refractivity contribution in [2.24, 2.45) is 0 Å². The Labute approximate surface area is 79.7 Å². The molecule has 0 aromatic heterocycles. The third-order valence-electron chi connectivity index (χ3n) is 1.60. The molecule has 0 atom stereocenters. The van der Waals surface area contributed by atoms with Gasteiger partial charge in [0, 0.05) is 0 Å². The average molecular weight is 201 g/mol. The van der Waals surface area contributed by atoms with Crippen molar-refractivity contribution in [3.05, 3.63) is 29.8 Å². The number of anilines is 1. The molecule has 0 aliphatic heterocycles. The minimum Gasteiger partial charge on any atom is -0.468 e. The van der Waals surface area contributed by atoms with Gasteiger partial charge in [0.05, 0.1) is 7.11 Å². The van der Waals surface area contributed by atoms with Crippen molar-refractivity contribution in [3.63, 3.8) is 0 Å². The highest BCUT2D eigenvalue weighted by molar-refractivity contribution is 5.74. The summed E-state index contributed by atoms with van der Waals surface area (Å²) in [6.07, 6.45) is 0. The molecule has 0 aliphatic rings. The lowest BCUT2D eigenvalue weighted by Crippen LogP contribution is -2.16. The maximum absolute atomic E-state index is 13.0. The van der Waals surface area contributed by atoms with E-state index in [1.54, 1.807) is 0 Å². The molecule has 0 saturated heterocycles. The van der Waals surface area contributed by atoms with E-state index in [9.17, 15) is 13.6 Å². The number of hydrogen-bond donors (Lipinski definition) is 1. The zero-order valence-corrected chi connectivity index (χ0v) is 7.51. The SMILES string of the molecule is COC(=O)CNc1c(F)cccc1F. The molecule has 0 heterocycles. The van der Waals surface area contributed by atoms with Gasteiger partial charge >= 0.3 is 5.97 Å². The number of nitrogens with one attached hydrogen (secondary N) is 1. The Balaban J connectivity index is 2.71. The number of benzene rings is 1. The molecule has 1 aromatic carbocycles. The summed E-state index contributed by atoms with van der Waals surface area (Å²) >= 11 is 0. The second-order valence-corrected chi connectivity index (χ2v) is 2.53. The number of halogens is 2. The van der Waals surface area contributed by atoms with Crippen LogP contribution in [0.3, 0.4) is 0 Å². The van der Waals surface area contributed by atoms with Crippen molar-refractivity contribution in [3.8, 4) is 0 Å². The Morgan fingerprint density at radius 2 is 2.00 bits per heavy atom. The molecule has 1 aromatic rings. The first-order valence-corrected chi connectivity index (χ1v) is 3.90. The van der Waals surface area contributed by atoms with Crippen LogP contribution in [0.4, 0.5) is 14.5 Å². The molecule has 1 rings (SSSR count). The van der Waals surface area contributed by atoms with Gasteiger partial charge in [-0.05, 0) is 12.1 Å². The standard InChI is InChI=1S/C9H9F2NO2/c1-14-8(13)5-12-9-6(10)3-2-4-7(9)11/h2-4,12H,5H2,1H3. The minimum absolute atomic E-state index is 0.269. The molecule has 14 heavy (non-hydrogen) atoms. The van der Waals surface area contributed by atoms with Crippen LogP contribution in [0.1, 0.15) is 0 Å². The molecule has 0 bridgehead atoms. The molecule has 0 fully saturated rings. The van der Waals surface area contributed by atoms with Crippen LogP contribution >= 0.6 is 0 Å². The Hall–Kier alpha value is -1.65. The molecular weight excluding hydrogens is 192 g/mol. The number of esters is 1. The fourth-order valence-corrected chi connectivity index (χ4v) is 0.899. The topological polar surface area (TPSA) is 38.3 Å². The molecule has 1 N–H and O–H groups in total. The van der Waals surface area contributed by atoms with Gasteiger partial charge in [-0.3, -0.25) is 4.79 Å². The predicted molar refractivity (Wildman–Crippen MR) is 46.9 cm³/mol. The third-order valence-corrected chi connectivity index (χ3v) is 1.60. The zero-order chi connectivity index (χ0) is 10.6. The van der Waals surface area contributed by atoms with Gasteiger partial charge in [0.15, 0.2) is 0 Å². The van der Waals surface area contributed by atoms with Gasteiger partial charge < -0.3 is 10.1 Å². The van der Waals surface area contributed by atoms with Crippen molar-refractivity contribution in [2.45, 2.75) is 0 Å². The van der Waals surface area contributed by atoms with Crippen molar-refractivity contribution in [2.75, 3.05) is 19.0 Å². The number of ether oxygens (including phenoxy) is 1. The van der Waals surface area contributed by atoms with Crippen molar-refractivity contribution in [1.82, 2.24) is 0 Å². The van der Waals surface area contributed by atoms with Crippen molar-refractivity contribution < 1.29 is 18.3 Å². The Kier molecular flexibility index (Phi) is 3.39. The first-order chi connectivity index (χ1) is 6.65. The molecule has 0 aliphatic carbocycles. The van der Waals surface area contributed by atoms with Gasteiger partial charge in [-0.25, -0.2) is 8.78 Å². The van der Waals surface area contributed by atoms with Gasteiger partial charge in [0.1, 0.15) is 23.9 Å². The average Bonchev–Trinajstić information content (AvgIpc) is 2.16. The Bertz CT molecular complexity index is 321. The van der Waals surface area contributed by atoms with E-state index in [2.05, 4.69) is 10.1 Å². The third kappa shape index (κ3) is 2.42. The number of rotatable bonds is 3. The monoisotopic (exact) mass is 201 g/mol. The smallest absolute Gasteiger partial charge is 0.325 e. The van der Waals surface area contributed by atoms with E-state index in [0.29, 0.717) is 0 Å². The maximum Gasteiger partial charge on any atom is 0.325 e. The lowest BCUT2D eigenvalue weighted by molar-refractivity contribution is -0.138. The molecular formula is C9H9F2NO2. The van der Waals surface area contributed by atoms with Gasteiger partial charge in [-0.2, -0.15) is 0 Å². The molecule has 0 radical (unpaired) electrons. The maximum atomic E-state index is 13.0. The minimum atomic E-state index is -0.742. The highest BCUT2D eigenvalue weighted by Crippen LogP contribution is 2.17. The van der Waals surface area contributed by atoms with E-state index in [-0.39, 0.29) is 12.2 Å². The first-order valence-electron chi connectivity index (χ1n) is 3.90.